The van der Waals surface area contributed by atoms with Crippen molar-refractivity contribution >= 4 is 5.82 Å². The molecule has 166 valence electrons. The topological polar surface area (TPSA) is 44.4 Å². The van der Waals surface area contributed by atoms with E-state index in [0.717, 1.165) is 62.1 Å². The van der Waals surface area contributed by atoms with Gasteiger partial charge in [0.1, 0.15) is 24.0 Å². The van der Waals surface area contributed by atoms with Crippen LogP contribution in [0.5, 0.6) is 5.75 Å². The van der Waals surface area contributed by atoms with Crippen LogP contribution in [0.3, 0.4) is 0 Å². The molecule has 0 radical (unpaired) electrons. The lowest BCUT2D eigenvalue weighted by molar-refractivity contribution is 0.248. The molecule has 32 heavy (non-hydrogen) atoms. The van der Waals surface area contributed by atoms with Crippen LogP contribution in [0.2, 0.25) is 0 Å². The van der Waals surface area contributed by atoms with Crippen LogP contribution in [0.25, 0.3) is 11.4 Å². The minimum Gasteiger partial charge on any atom is -0.481 e. The summed E-state index contributed by atoms with van der Waals surface area (Å²) in [6.45, 7) is 8.58. The number of anilines is 1. The van der Waals surface area contributed by atoms with Gasteiger partial charge in [0.05, 0.1) is 12.4 Å². The highest BCUT2D eigenvalue weighted by Crippen LogP contribution is 2.30. The maximum absolute atomic E-state index is 13.2. The van der Waals surface area contributed by atoms with Crippen molar-refractivity contribution in [1.29, 1.82) is 0 Å². The fourth-order valence-corrected chi connectivity index (χ4v) is 3.94. The van der Waals surface area contributed by atoms with Crippen molar-refractivity contribution in [3.8, 4) is 29.0 Å². The van der Waals surface area contributed by atoms with E-state index in [1.165, 1.54) is 17.8 Å². The summed E-state index contributed by atoms with van der Waals surface area (Å²) >= 11 is 0. The Morgan fingerprint density at radius 2 is 1.91 bits per heavy atom. The standard InChI is InChI=1S/C26H29FN4O/c1-3-14-30-18-24-26(31(19-30)15-4-2)29-25(28-24)21-10-12-23(13-11-21)32-16-6-8-20-7-5-9-22(27)17-20/h5,7,9-13,17H,3-4,14-16,18-19H2,1-2H3,(H,28,29). The minimum absolute atomic E-state index is 0.240. The summed E-state index contributed by atoms with van der Waals surface area (Å²) in [7, 11) is 0. The summed E-state index contributed by atoms with van der Waals surface area (Å²) in [6, 6.07) is 14.1. The van der Waals surface area contributed by atoms with Crippen molar-refractivity contribution in [1.82, 2.24) is 14.9 Å². The molecule has 0 unspecified atom stereocenters. The molecule has 1 aliphatic heterocycles. The Kier molecular flexibility index (Phi) is 7.08. The number of hydrogen-bond acceptors (Lipinski definition) is 4. The Labute approximate surface area is 189 Å². The van der Waals surface area contributed by atoms with E-state index in [4.69, 9.17) is 9.72 Å². The minimum atomic E-state index is -0.288. The van der Waals surface area contributed by atoms with Gasteiger partial charge in [-0.3, -0.25) is 4.90 Å². The van der Waals surface area contributed by atoms with Crippen LogP contribution in [-0.2, 0) is 6.54 Å². The van der Waals surface area contributed by atoms with Gasteiger partial charge >= 0.3 is 0 Å². The van der Waals surface area contributed by atoms with Crippen LogP contribution in [0.1, 0.15) is 37.9 Å². The highest BCUT2D eigenvalue weighted by atomic mass is 19.1. The number of nitrogens with zero attached hydrogens (tertiary/aromatic N) is 3. The number of halogens is 1. The second-order valence-corrected chi connectivity index (χ2v) is 7.97. The summed E-state index contributed by atoms with van der Waals surface area (Å²) < 4.78 is 18.9. The quantitative estimate of drug-likeness (QED) is 0.531. The summed E-state index contributed by atoms with van der Waals surface area (Å²) in [5.41, 5.74) is 2.84. The number of benzene rings is 2. The van der Waals surface area contributed by atoms with Gasteiger partial charge in [0, 0.05) is 24.2 Å². The molecule has 0 aliphatic carbocycles. The maximum Gasteiger partial charge on any atom is 0.152 e. The molecule has 4 rings (SSSR count). The third-order valence-corrected chi connectivity index (χ3v) is 5.34. The van der Waals surface area contributed by atoms with E-state index in [1.54, 1.807) is 12.1 Å². The molecule has 5 nitrogen and oxygen atoms in total. The number of H-pyrrole nitrogens is 1. The van der Waals surface area contributed by atoms with Gasteiger partial charge < -0.3 is 14.6 Å². The second-order valence-electron chi connectivity index (χ2n) is 7.97. The van der Waals surface area contributed by atoms with Crippen molar-refractivity contribution in [2.24, 2.45) is 0 Å². The van der Waals surface area contributed by atoms with Crippen molar-refractivity contribution in [3.63, 3.8) is 0 Å². The number of imidazole rings is 1. The van der Waals surface area contributed by atoms with Crippen molar-refractivity contribution in [2.75, 3.05) is 31.3 Å². The van der Waals surface area contributed by atoms with E-state index in [2.05, 4.69) is 40.5 Å². The van der Waals surface area contributed by atoms with E-state index >= 15 is 0 Å². The molecule has 0 atom stereocenters. The van der Waals surface area contributed by atoms with Crippen LogP contribution in [0.15, 0.2) is 48.5 Å². The summed E-state index contributed by atoms with van der Waals surface area (Å²) in [6.07, 6.45) is 2.24. The van der Waals surface area contributed by atoms with Crippen molar-refractivity contribution < 1.29 is 9.13 Å². The third-order valence-electron chi connectivity index (χ3n) is 5.34. The Bertz CT molecular complexity index is 1100. The predicted octanol–water partition coefficient (Wildman–Crippen LogP) is 5.05. The Morgan fingerprint density at radius 1 is 1.09 bits per heavy atom. The highest BCUT2D eigenvalue weighted by molar-refractivity contribution is 5.62. The molecule has 1 aromatic heterocycles. The Morgan fingerprint density at radius 3 is 2.66 bits per heavy atom. The first-order valence-corrected chi connectivity index (χ1v) is 11.2. The molecule has 0 bridgehead atoms. The first-order chi connectivity index (χ1) is 15.7. The number of rotatable bonds is 7. The number of aromatic amines is 1. The van der Waals surface area contributed by atoms with E-state index in [9.17, 15) is 4.39 Å². The lowest BCUT2D eigenvalue weighted by Crippen LogP contribution is -2.43. The normalized spacial score (nSPS) is 13.4. The zero-order valence-electron chi connectivity index (χ0n) is 18.7. The van der Waals surface area contributed by atoms with Gasteiger partial charge in [0.2, 0.25) is 0 Å². The van der Waals surface area contributed by atoms with Crippen LogP contribution in [0, 0.1) is 17.7 Å². The molecule has 6 heteroatoms. The Hall–Kier alpha value is -3.30. The van der Waals surface area contributed by atoms with E-state index < -0.39 is 0 Å². The zero-order valence-corrected chi connectivity index (χ0v) is 18.7. The molecule has 0 amide bonds. The van der Waals surface area contributed by atoms with Gasteiger partial charge in [-0.15, -0.1) is 0 Å². The molecule has 0 spiro atoms. The lowest BCUT2D eigenvalue weighted by Gasteiger charge is -2.35. The molecule has 1 N–H and O–H groups in total. The molecule has 2 aromatic carbocycles. The van der Waals surface area contributed by atoms with Gasteiger partial charge in [0.25, 0.3) is 0 Å². The van der Waals surface area contributed by atoms with Crippen molar-refractivity contribution in [2.45, 2.75) is 33.2 Å². The van der Waals surface area contributed by atoms with Crippen molar-refractivity contribution in [3.05, 3.63) is 65.6 Å². The third kappa shape index (κ3) is 5.30. The van der Waals surface area contributed by atoms with Gasteiger partial charge in [-0.2, -0.15) is 0 Å². The van der Waals surface area contributed by atoms with Crippen LogP contribution in [0.4, 0.5) is 10.2 Å². The SMILES string of the molecule is CCCN1Cc2[nH]c(-c3ccc(OCC#Cc4cccc(F)c4)cc3)nc2N(CCC)C1. The van der Waals surface area contributed by atoms with E-state index in [-0.39, 0.29) is 12.4 Å². The van der Waals surface area contributed by atoms with Gasteiger partial charge in [-0.1, -0.05) is 31.8 Å². The number of ether oxygens (including phenoxy) is 1. The van der Waals surface area contributed by atoms with Gasteiger partial charge in [-0.05, 0) is 61.9 Å². The summed E-state index contributed by atoms with van der Waals surface area (Å²) in [5.74, 6) is 8.23. The fourth-order valence-electron chi connectivity index (χ4n) is 3.94. The molecule has 0 saturated carbocycles. The largest absolute Gasteiger partial charge is 0.481 e. The smallest absolute Gasteiger partial charge is 0.152 e. The average Bonchev–Trinajstić information content (AvgIpc) is 3.22. The first kappa shape index (κ1) is 21.9. The number of nitrogens with one attached hydrogen (secondary N) is 1. The van der Waals surface area contributed by atoms with E-state index in [1.807, 2.05) is 24.3 Å². The van der Waals surface area contributed by atoms with E-state index in [0.29, 0.717) is 5.56 Å². The molecule has 0 fully saturated rings. The highest BCUT2D eigenvalue weighted by Gasteiger charge is 2.25. The lowest BCUT2D eigenvalue weighted by atomic mass is 10.2. The second kappa shape index (κ2) is 10.3. The zero-order chi connectivity index (χ0) is 22.3. The number of hydrogen-bond donors (Lipinski definition) is 1. The van der Waals surface area contributed by atoms with Crippen LogP contribution in [-0.4, -0.2) is 41.2 Å². The number of aromatic nitrogens is 2. The molecule has 3 aromatic rings. The fraction of sp³-hybridized carbons (Fsp3) is 0.346. The molecule has 1 aliphatic rings. The monoisotopic (exact) mass is 432 g/mol. The average molecular weight is 433 g/mol. The van der Waals surface area contributed by atoms with Gasteiger partial charge in [0.15, 0.2) is 5.82 Å². The molecule has 0 saturated heterocycles. The molecular formula is C26H29FN4O. The maximum atomic E-state index is 13.2. The van der Waals surface area contributed by atoms with Crippen LogP contribution < -0.4 is 9.64 Å². The molecule has 2 heterocycles. The number of fused-ring (bicyclic) bond motifs is 1. The summed E-state index contributed by atoms with van der Waals surface area (Å²) in [4.78, 5) is 13.3. The molecular weight excluding hydrogens is 403 g/mol. The predicted molar refractivity (Wildman–Crippen MR) is 126 cm³/mol. The summed E-state index contributed by atoms with van der Waals surface area (Å²) in [5, 5.41) is 0. The Balaban J connectivity index is 1.42. The van der Waals surface area contributed by atoms with Crippen LogP contribution >= 0.6 is 0 Å². The first-order valence-electron chi connectivity index (χ1n) is 11.2. The van der Waals surface area contributed by atoms with Gasteiger partial charge in [-0.25, -0.2) is 9.37 Å².